The van der Waals surface area contributed by atoms with E-state index in [1.54, 1.807) is 12.1 Å². The lowest BCUT2D eigenvalue weighted by atomic mass is 9.96. The van der Waals surface area contributed by atoms with Crippen LogP contribution in [0.2, 0.25) is 0 Å². The molecule has 1 unspecified atom stereocenters. The van der Waals surface area contributed by atoms with E-state index in [9.17, 15) is 4.39 Å². The van der Waals surface area contributed by atoms with Crippen molar-refractivity contribution in [3.05, 3.63) is 35.1 Å². The summed E-state index contributed by atoms with van der Waals surface area (Å²) in [6, 6.07) is 6.40. The highest BCUT2D eigenvalue weighted by atomic mass is 19.1. The van der Waals surface area contributed by atoms with Crippen molar-refractivity contribution in [1.82, 2.24) is 5.32 Å². The molecule has 1 atom stereocenters. The number of halogens is 1. The summed E-state index contributed by atoms with van der Waals surface area (Å²) in [6.45, 7) is 4.10. The Hall–Kier alpha value is -1.44. The zero-order valence-corrected chi connectivity index (χ0v) is 10.5. The number of hydrogen-bond donors (Lipinski definition) is 1. The molecule has 0 spiro atoms. The monoisotopic (exact) mass is 248 g/mol. The second kappa shape index (κ2) is 5.47. The molecule has 0 radical (unpaired) electrons. The first-order valence-electron chi connectivity index (χ1n) is 6.16. The average molecular weight is 248 g/mol. The summed E-state index contributed by atoms with van der Waals surface area (Å²) in [5.41, 5.74) is 0.612. The molecule has 2 rings (SSSR count). The molecule has 0 aromatic heterocycles. The zero-order valence-electron chi connectivity index (χ0n) is 10.5. The van der Waals surface area contributed by atoms with Gasteiger partial charge in [0.25, 0.3) is 0 Å². The van der Waals surface area contributed by atoms with Crippen LogP contribution in [0.1, 0.15) is 30.9 Å². The smallest absolute Gasteiger partial charge is 0.130 e. The third-order valence-electron chi connectivity index (χ3n) is 3.32. The molecular formula is C14H17FN2O. The van der Waals surface area contributed by atoms with Crippen LogP contribution in [0.5, 0.6) is 0 Å². The molecule has 1 aromatic rings. The van der Waals surface area contributed by atoms with Gasteiger partial charge in [-0.3, -0.25) is 0 Å². The van der Waals surface area contributed by atoms with Crippen molar-refractivity contribution < 1.29 is 9.13 Å². The minimum atomic E-state index is -0.374. The van der Waals surface area contributed by atoms with Crippen LogP contribution in [0, 0.1) is 17.1 Å². The highest BCUT2D eigenvalue weighted by Crippen LogP contribution is 2.22. The fourth-order valence-electron chi connectivity index (χ4n) is 2.14. The van der Waals surface area contributed by atoms with Crippen molar-refractivity contribution in [1.29, 1.82) is 5.26 Å². The summed E-state index contributed by atoms with van der Waals surface area (Å²) in [4.78, 5) is 0. The molecule has 0 amide bonds. The first kappa shape index (κ1) is 13.0. The van der Waals surface area contributed by atoms with Crippen LogP contribution in [-0.2, 0) is 11.3 Å². The van der Waals surface area contributed by atoms with Gasteiger partial charge < -0.3 is 10.1 Å². The molecule has 1 heterocycles. The van der Waals surface area contributed by atoms with Gasteiger partial charge >= 0.3 is 0 Å². The Morgan fingerprint density at radius 1 is 1.56 bits per heavy atom. The molecular weight excluding hydrogens is 231 g/mol. The van der Waals surface area contributed by atoms with E-state index in [2.05, 4.69) is 5.32 Å². The molecule has 0 bridgehead atoms. The maximum Gasteiger partial charge on any atom is 0.130 e. The molecule has 0 aliphatic carbocycles. The minimum Gasteiger partial charge on any atom is -0.369 e. The van der Waals surface area contributed by atoms with Gasteiger partial charge in [-0.25, -0.2) is 4.39 Å². The van der Waals surface area contributed by atoms with Crippen molar-refractivity contribution in [2.24, 2.45) is 0 Å². The van der Waals surface area contributed by atoms with E-state index in [1.807, 2.05) is 13.0 Å². The number of nitrogens with zero attached hydrogens (tertiary/aromatic N) is 1. The van der Waals surface area contributed by atoms with Crippen molar-refractivity contribution in [3.8, 4) is 6.07 Å². The molecule has 0 saturated carbocycles. The Kier molecular flexibility index (Phi) is 3.95. The minimum absolute atomic E-state index is 0.224. The molecule has 18 heavy (non-hydrogen) atoms. The van der Waals surface area contributed by atoms with Gasteiger partial charge in [-0.2, -0.15) is 5.26 Å². The lowest BCUT2D eigenvalue weighted by Crippen LogP contribution is -2.45. The lowest BCUT2D eigenvalue weighted by Gasteiger charge is -2.34. The normalized spacial score (nSPS) is 23.6. The second-order valence-corrected chi connectivity index (χ2v) is 4.94. The SMILES string of the molecule is CC1(OCc2ccc(C#N)cc2F)CCCNC1. The summed E-state index contributed by atoms with van der Waals surface area (Å²) < 4.78 is 19.5. The summed E-state index contributed by atoms with van der Waals surface area (Å²) in [6.07, 6.45) is 2.06. The molecule has 1 N–H and O–H groups in total. The predicted octanol–water partition coefficient (Wildman–Crippen LogP) is 2.36. The van der Waals surface area contributed by atoms with Gasteiger partial charge in [0.2, 0.25) is 0 Å². The second-order valence-electron chi connectivity index (χ2n) is 4.94. The molecule has 4 heteroatoms. The number of piperidine rings is 1. The number of rotatable bonds is 3. The molecule has 1 fully saturated rings. The topological polar surface area (TPSA) is 45.0 Å². The molecule has 1 saturated heterocycles. The average Bonchev–Trinajstić information content (AvgIpc) is 2.38. The maximum absolute atomic E-state index is 13.7. The summed E-state index contributed by atoms with van der Waals surface area (Å²) in [7, 11) is 0. The molecule has 3 nitrogen and oxygen atoms in total. The highest BCUT2D eigenvalue weighted by molar-refractivity contribution is 5.32. The Bertz CT molecular complexity index is 461. The Balaban J connectivity index is 2.00. The van der Waals surface area contributed by atoms with E-state index >= 15 is 0 Å². The standard InChI is InChI=1S/C14H17FN2O/c1-14(5-2-6-17-10-14)18-9-12-4-3-11(8-16)7-13(12)15/h3-4,7,17H,2,5-6,9-10H2,1H3. The Morgan fingerprint density at radius 2 is 2.39 bits per heavy atom. The van der Waals surface area contributed by atoms with E-state index < -0.39 is 0 Å². The van der Waals surface area contributed by atoms with Crippen LogP contribution in [0.15, 0.2) is 18.2 Å². The molecule has 1 aromatic carbocycles. The predicted molar refractivity (Wildman–Crippen MR) is 66.4 cm³/mol. The maximum atomic E-state index is 13.7. The Labute approximate surface area is 107 Å². The Morgan fingerprint density at radius 3 is 3.00 bits per heavy atom. The van der Waals surface area contributed by atoms with E-state index in [0.717, 1.165) is 25.9 Å². The van der Waals surface area contributed by atoms with Crippen molar-refractivity contribution >= 4 is 0 Å². The van der Waals surface area contributed by atoms with Gasteiger partial charge in [-0.1, -0.05) is 6.07 Å². The van der Waals surface area contributed by atoms with Crippen LogP contribution in [-0.4, -0.2) is 18.7 Å². The van der Waals surface area contributed by atoms with Gasteiger partial charge in [-0.05, 0) is 38.4 Å². The van der Waals surface area contributed by atoms with Crippen LogP contribution >= 0.6 is 0 Å². The number of benzene rings is 1. The number of nitrogens with one attached hydrogen (secondary N) is 1. The quantitative estimate of drug-likeness (QED) is 0.893. The third kappa shape index (κ3) is 3.06. The number of hydrogen-bond acceptors (Lipinski definition) is 3. The van der Waals surface area contributed by atoms with E-state index in [0.29, 0.717) is 11.1 Å². The van der Waals surface area contributed by atoms with E-state index in [4.69, 9.17) is 10.00 Å². The zero-order chi connectivity index (χ0) is 13.0. The highest BCUT2D eigenvalue weighted by Gasteiger charge is 2.27. The van der Waals surface area contributed by atoms with Crippen molar-refractivity contribution in [3.63, 3.8) is 0 Å². The van der Waals surface area contributed by atoms with E-state index in [1.165, 1.54) is 6.07 Å². The van der Waals surface area contributed by atoms with Gasteiger partial charge in [-0.15, -0.1) is 0 Å². The molecule has 96 valence electrons. The first-order chi connectivity index (χ1) is 8.63. The van der Waals surface area contributed by atoms with Crippen LogP contribution < -0.4 is 5.32 Å². The first-order valence-corrected chi connectivity index (χ1v) is 6.16. The van der Waals surface area contributed by atoms with Crippen molar-refractivity contribution in [2.45, 2.75) is 32.0 Å². The van der Waals surface area contributed by atoms with Crippen LogP contribution in [0.3, 0.4) is 0 Å². The summed E-state index contributed by atoms with van der Waals surface area (Å²) in [5.74, 6) is -0.374. The fourth-order valence-corrected chi connectivity index (χ4v) is 2.14. The third-order valence-corrected chi connectivity index (χ3v) is 3.32. The largest absolute Gasteiger partial charge is 0.369 e. The van der Waals surface area contributed by atoms with Crippen LogP contribution in [0.4, 0.5) is 4.39 Å². The fraction of sp³-hybridized carbons (Fsp3) is 0.500. The van der Waals surface area contributed by atoms with Gasteiger partial charge in [0.1, 0.15) is 5.82 Å². The van der Waals surface area contributed by atoms with E-state index in [-0.39, 0.29) is 18.0 Å². The molecule has 1 aliphatic heterocycles. The molecule has 1 aliphatic rings. The summed E-state index contributed by atoms with van der Waals surface area (Å²) >= 11 is 0. The van der Waals surface area contributed by atoms with Gasteiger partial charge in [0.15, 0.2) is 0 Å². The lowest BCUT2D eigenvalue weighted by molar-refractivity contribution is -0.0580. The van der Waals surface area contributed by atoms with Gasteiger partial charge in [0.05, 0.1) is 23.8 Å². The summed E-state index contributed by atoms with van der Waals surface area (Å²) in [5, 5.41) is 12.0. The van der Waals surface area contributed by atoms with Gasteiger partial charge in [0, 0.05) is 12.1 Å². The van der Waals surface area contributed by atoms with Crippen LogP contribution in [0.25, 0.3) is 0 Å². The van der Waals surface area contributed by atoms with Crippen molar-refractivity contribution in [2.75, 3.05) is 13.1 Å². The number of ether oxygens (including phenoxy) is 1. The number of nitriles is 1.